The fraction of sp³-hybridized carbons (Fsp3) is 0.182. The number of rotatable bonds is 7. The van der Waals surface area contributed by atoms with E-state index in [-0.39, 0.29) is 6.04 Å². The Bertz CT molecular complexity index is 880. The van der Waals surface area contributed by atoms with Crippen LogP contribution >= 0.6 is 0 Å². The summed E-state index contributed by atoms with van der Waals surface area (Å²) in [7, 11) is 0. The number of amides is 2. The second-order valence-electron chi connectivity index (χ2n) is 6.14. The molecule has 0 aliphatic heterocycles. The number of urea groups is 1. The van der Waals surface area contributed by atoms with Gasteiger partial charge in [-0.05, 0) is 42.7 Å². The molecule has 0 unspecified atom stereocenters. The molecular weight excluding hydrogens is 338 g/mol. The van der Waals surface area contributed by atoms with E-state index in [9.17, 15) is 4.79 Å². The molecule has 0 bridgehead atoms. The number of nitrogens with zero attached hydrogens (tertiary/aromatic N) is 1. The number of benzene rings is 2. The van der Waals surface area contributed by atoms with E-state index in [0.29, 0.717) is 13.0 Å². The van der Waals surface area contributed by atoms with Gasteiger partial charge in [0.15, 0.2) is 0 Å². The summed E-state index contributed by atoms with van der Waals surface area (Å²) in [6.45, 7) is 2.58. The van der Waals surface area contributed by atoms with Gasteiger partial charge in [0, 0.05) is 11.8 Å². The second-order valence-corrected chi connectivity index (χ2v) is 6.14. The molecule has 0 fully saturated rings. The van der Waals surface area contributed by atoms with Gasteiger partial charge in [-0.15, -0.1) is 0 Å². The second kappa shape index (κ2) is 8.85. The molecule has 3 aromatic rings. The molecule has 1 aromatic heterocycles. The van der Waals surface area contributed by atoms with E-state index < -0.39 is 6.03 Å². The third-order valence-corrected chi connectivity index (χ3v) is 4.24. The Kier molecular flexibility index (Phi) is 6.05. The zero-order chi connectivity index (χ0) is 19.1. The minimum absolute atomic E-state index is 0.326. The summed E-state index contributed by atoms with van der Waals surface area (Å²) >= 11 is 0. The predicted octanol–water partition coefficient (Wildman–Crippen LogP) is 4.10. The van der Waals surface area contributed by atoms with Gasteiger partial charge in [-0.3, -0.25) is 4.98 Å². The number of primary amides is 1. The zero-order valence-corrected chi connectivity index (χ0v) is 15.3. The van der Waals surface area contributed by atoms with Crippen molar-refractivity contribution in [3.63, 3.8) is 0 Å². The first-order valence-electron chi connectivity index (χ1n) is 8.95. The minimum Gasteiger partial charge on any atom is -0.494 e. The topological polar surface area (TPSA) is 77.2 Å². The Balaban J connectivity index is 1.96. The number of pyridine rings is 1. The SMILES string of the molecule is CCOc1ccc(-c2cccnc2[C@@H](Cc2ccccc2)NC(N)=O)cc1. The fourth-order valence-electron chi connectivity index (χ4n) is 3.07. The molecule has 3 N–H and O–H groups in total. The van der Waals surface area contributed by atoms with E-state index in [1.165, 1.54) is 0 Å². The van der Waals surface area contributed by atoms with Crippen molar-refractivity contribution in [3.8, 4) is 16.9 Å². The number of carbonyl (C=O) groups is 1. The van der Waals surface area contributed by atoms with Gasteiger partial charge < -0.3 is 15.8 Å². The molecule has 0 saturated carbocycles. The van der Waals surface area contributed by atoms with Crippen LogP contribution in [0.3, 0.4) is 0 Å². The Morgan fingerprint density at radius 2 is 1.81 bits per heavy atom. The van der Waals surface area contributed by atoms with Gasteiger partial charge in [0.1, 0.15) is 5.75 Å². The summed E-state index contributed by atoms with van der Waals surface area (Å²) in [6.07, 6.45) is 2.33. The summed E-state index contributed by atoms with van der Waals surface area (Å²) in [4.78, 5) is 16.2. The highest BCUT2D eigenvalue weighted by atomic mass is 16.5. The summed E-state index contributed by atoms with van der Waals surface area (Å²) in [6, 6.07) is 20.8. The summed E-state index contributed by atoms with van der Waals surface area (Å²) < 4.78 is 5.52. The quantitative estimate of drug-likeness (QED) is 0.665. The number of carbonyl (C=O) groups excluding carboxylic acids is 1. The molecule has 5 heteroatoms. The average Bonchev–Trinajstić information content (AvgIpc) is 2.69. The van der Waals surface area contributed by atoms with Crippen LogP contribution in [-0.4, -0.2) is 17.6 Å². The lowest BCUT2D eigenvalue weighted by Gasteiger charge is -2.20. The van der Waals surface area contributed by atoms with Crippen molar-refractivity contribution in [2.24, 2.45) is 5.73 Å². The van der Waals surface area contributed by atoms with Crippen LogP contribution < -0.4 is 15.8 Å². The van der Waals surface area contributed by atoms with Crippen molar-refractivity contribution in [3.05, 3.63) is 84.2 Å². The Hall–Kier alpha value is -3.34. The first-order valence-corrected chi connectivity index (χ1v) is 8.95. The number of nitrogens with two attached hydrogens (primary N) is 1. The van der Waals surface area contributed by atoms with Crippen molar-refractivity contribution >= 4 is 6.03 Å². The lowest BCUT2D eigenvalue weighted by atomic mass is 9.95. The maximum absolute atomic E-state index is 11.6. The Labute approximate surface area is 159 Å². The van der Waals surface area contributed by atoms with Gasteiger partial charge in [-0.2, -0.15) is 0 Å². The fourth-order valence-corrected chi connectivity index (χ4v) is 3.07. The normalized spacial score (nSPS) is 11.6. The third kappa shape index (κ3) is 4.85. The van der Waals surface area contributed by atoms with E-state index in [4.69, 9.17) is 10.5 Å². The summed E-state index contributed by atoms with van der Waals surface area (Å²) in [5.41, 5.74) is 9.27. The molecule has 5 nitrogen and oxygen atoms in total. The van der Waals surface area contributed by atoms with Crippen LogP contribution in [0.1, 0.15) is 24.2 Å². The van der Waals surface area contributed by atoms with E-state index in [1.54, 1.807) is 6.20 Å². The number of ether oxygens (including phenoxy) is 1. The third-order valence-electron chi connectivity index (χ3n) is 4.24. The average molecular weight is 361 g/mol. The van der Waals surface area contributed by atoms with Crippen LogP contribution in [0, 0.1) is 0 Å². The van der Waals surface area contributed by atoms with Gasteiger partial charge in [0.2, 0.25) is 0 Å². The molecule has 3 rings (SSSR count). The highest BCUT2D eigenvalue weighted by Crippen LogP contribution is 2.29. The Morgan fingerprint density at radius 3 is 2.48 bits per heavy atom. The molecule has 1 atom stereocenters. The molecule has 2 amide bonds. The lowest BCUT2D eigenvalue weighted by molar-refractivity contribution is 0.245. The van der Waals surface area contributed by atoms with E-state index in [1.807, 2.05) is 73.7 Å². The van der Waals surface area contributed by atoms with Crippen molar-refractivity contribution in [1.29, 1.82) is 0 Å². The highest BCUT2D eigenvalue weighted by molar-refractivity contribution is 5.73. The first kappa shape index (κ1) is 18.5. The van der Waals surface area contributed by atoms with Crippen LogP contribution in [0.5, 0.6) is 5.75 Å². The van der Waals surface area contributed by atoms with Crippen molar-refractivity contribution in [2.45, 2.75) is 19.4 Å². The van der Waals surface area contributed by atoms with Crippen LogP contribution in [0.2, 0.25) is 0 Å². The van der Waals surface area contributed by atoms with E-state index >= 15 is 0 Å². The Morgan fingerprint density at radius 1 is 1.07 bits per heavy atom. The number of hydrogen-bond donors (Lipinski definition) is 2. The van der Waals surface area contributed by atoms with Gasteiger partial charge in [-0.25, -0.2) is 4.79 Å². The minimum atomic E-state index is -0.570. The molecule has 1 heterocycles. The maximum Gasteiger partial charge on any atom is 0.312 e. The van der Waals surface area contributed by atoms with Gasteiger partial charge in [-0.1, -0.05) is 48.5 Å². The predicted molar refractivity (Wildman–Crippen MR) is 106 cm³/mol. The summed E-state index contributed by atoms with van der Waals surface area (Å²) in [5.74, 6) is 0.822. The lowest BCUT2D eigenvalue weighted by Crippen LogP contribution is -2.35. The largest absolute Gasteiger partial charge is 0.494 e. The van der Waals surface area contributed by atoms with Crippen LogP contribution in [0.15, 0.2) is 72.9 Å². The number of nitrogens with one attached hydrogen (secondary N) is 1. The van der Waals surface area contributed by atoms with Gasteiger partial charge in [0.05, 0.1) is 18.3 Å². The molecule has 0 aliphatic rings. The molecule has 138 valence electrons. The zero-order valence-electron chi connectivity index (χ0n) is 15.3. The first-order chi connectivity index (χ1) is 13.2. The van der Waals surface area contributed by atoms with Crippen molar-refractivity contribution in [2.75, 3.05) is 6.61 Å². The monoisotopic (exact) mass is 361 g/mol. The van der Waals surface area contributed by atoms with Crippen LogP contribution in [0.4, 0.5) is 4.79 Å². The highest BCUT2D eigenvalue weighted by Gasteiger charge is 2.19. The molecule has 2 aromatic carbocycles. The number of hydrogen-bond acceptors (Lipinski definition) is 3. The number of aromatic nitrogens is 1. The molecule has 0 saturated heterocycles. The van der Waals surface area contributed by atoms with E-state index in [0.717, 1.165) is 28.1 Å². The standard InChI is InChI=1S/C22H23N3O2/c1-2-27-18-12-10-17(11-13-18)19-9-6-14-24-21(19)20(25-22(23)26)15-16-7-4-3-5-8-16/h3-14,20H,2,15H2,1H3,(H3,23,25,26)/t20-/m1/s1. The van der Waals surface area contributed by atoms with Crippen molar-refractivity contribution in [1.82, 2.24) is 10.3 Å². The molecule has 0 radical (unpaired) electrons. The molecule has 0 aliphatic carbocycles. The van der Waals surface area contributed by atoms with Crippen LogP contribution in [0.25, 0.3) is 11.1 Å². The van der Waals surface area contributed by atoms with Crippen molar-refractivity contribution < 1.29 is 9.53 Å². The van der Waals surface area contributed by atoms with Gasteiger partial charge >= 0.3 is 6.03 Å². The smallest absolute Gasteiger partial charge is 0.312 e. The van der Waals surface area contributed by atoms with E-state index in [2.05, 4.69) is 10.3 Å². The van der Waals surface area contributed by atoms with Crippen LogP contribution in [-0.2, 0) is 6.42 Å². The molecule has 0 spiro atoms. The van der Waals surface area contributed by atoms with Gasteiger partial charge in [0.25, 0.3) is 0 Å². The summed E-state index contributed by atoms with van der Waals surface area (Å²) in [5, 5.41) is 2.84. The maximum atomic E-state index is 11.6. The molecular formula is C22H23N3O2. The molecule has 27 heavy (non-hydrogen) atoms.